The number of thiocarbonyl (C=S) groups is 1. The van der Waals surface area contributed by atoms with E-state index in [1.165, 1.54) is 0 Å². The highest BCUT2D eigenvalue weighted by Gasteiger charge is 2.18. The fourth-order valence-electron chi connectivity index (χ4n) is 2.21. The molecule has 0 amide bonds. The van der Waals surface area contributed by atoms with Gasteiger partial charge in [0, 0.05) is 18.8 Å². The zero-order chi connectivity index (χ0) is 15.9. The summed E-state index contributed by atoms with van der Waals surface area (Å²) in [4.78, 5) is 2.19. The van der Waals surface area contributed by atoms with E-state index in [4.69, 9.17) is 17.0 Å². The van der Waals surface area contributed by atoms with Crippen LogP contribution in [0, 0.1) is 5.41 Å². The minimum Gasteiger partial charge on any atom is -0.494 e. The maximum Gasteiger partial charge on any atom is 0.170 e. The highest BCUT2D eigenvalue weighted by atomic mass is 32.1. The molecular formula is C16H27N3OS. The lowest BCUT2D eigenvalue weighted by atomic mass is 9.93. The summed E-state index contributed by atoms with van der Waals surface area (Å²) in [7, 11) is 4.16. The zero-order valence-electron chi connectivity index (χ0n) is 13.7. The van der Waals surface area contributed by atoms with Crippen molar-refractivity contribution in [2.24, 2.45) is 5.41 Å². The van der Waals surface area contributed by atoms with E-state index in [2.05, 4.69) is 43.5 Å². The van der Waals surface area contributed by atoms with Gasteiger partial charge in [-0.15, -0.1) is 0 Å². The van der Waals surface area contributed by atoms with Crippen LogP contribution >= 0.6 is 12.2 Å². The quantitative estimate of drug-likeness (QED) is 0.757. The van der Waals surface area contributed by atoms with Crippen molar-refractivity contribution < 1.29 is 4.74 Å². The third-order valence-corrected chi connectivity index (χ3v) is 3.14. The summed E-state index contributed by atoms with van der Waals surface area (Å²) in [6.45, 7) is 8.92. The van der Waals surface area contributed by atoms with Gasteiger partial charge in [0.1, 0.15) is 5.75 Å². The zero-order valence-corrected chi connectivity index (χ0v) is 14.5. The van der Waals surface area contributed by atoms with Crippen LogP contribution in [0.4, 0.5) is 5.69 Å². The summed E-state index contributed by atoms with van der Waals surface area (Å²) in [5.74, 6) is 0.869. The van der Waals surface area contributed by atoms with Gasteiger partial charge in [-0.25, -0.2) is 0 Å². The number of hydrogen-bond acceptors (Lipinski definition) is 3. The molecule has 0 aliphatic carbocycles. The smallest absolute Gasteiger partial charge is 0.170 e. The molecule has 0 bridgehead atoms. The number of benzene rings is 1. The molecule has 0 heterocycles. The second kappa shape index (κ2) is 8.20. The molecule has 1 aromatic carbocycles. The molecule has 5 heteroatoms. The first-order valence-electron chi connectivity index (χ1n) is 7.25. The molecule has 1 rings (SSSR count). The molecule has 21 heavy (non-hydrogen) atoms. The van der Waals surface area contributed by atoms with E-state index in [0.717, 1.165) is 24.5 Å². The number of nitrogens with zero attached hydrogens (tertiary/aromatic N) is 1. The van der Waals surface area contributed by atoms with Crippen molar-refractivity contribution >= 4 is 23.0 Å². The van der Waals surface area contributed by atoms with E-state index in [1.807, 2.05) is 31.2 Å². The fraction of sp³-hybridized carbons (Fsp3) is 0.562. The van der Waals surface area contributed by atoms with Crippen molar-refractivity contribution in [2.45, 2.75) is 20.8 Å². The van der Waals surface area contributed by atoms with Crippen LogP contribution in [0.25, 0.3) is 0 Å². The second-order valence-corrected chi connectivity index (χ2v) is 6.58. The van der Waals surface area contributed by atoms with Gasteiger partial charge in [-0.05, 0) is 62.9 Å². The lowest BCUT2D eigenvalue weighted by molar-refractivity contribution is 0.242. The predicted molar refractivity (Wildman–Crippen MR) is 94.2 cm³/mol. The van der Waals surface area contributed by atoms with Crippen molar-refractivity contribution in [3.8, 4) is 5.75 Å². The molecule has 0 saturated carbocycles. The fourth-order valence-corrected chi connectivity index (χ4v) is 2.40. The minimum absolute atomic E-state index is 0.161. The van der Waals surface area contributed by atoms with Gasteiger partial charge in [0.15, 0.2) is 5.11 Å². The largest absolute Gasteiger partial charge is 0.494 e. The first kappa shape index (κ1) is 17.7. The van der Waals surface area contributed by atoms with Crippen molar-refractivity contribution in [1.82, 2.24) is 10.2 Å². The lowest BCUT2D eigenvalue weighted by Crippen LogP contribution is -2.41. The monoisotopic (exact) mass is 309 g/mol. The van der Waals surface area contributed by atoms with E-state index in [1.54, 1.807) is 0 Å². The molecular weight excluding hydrogens is 282 g/mol. The van der Waals surface area contributed by atoms with Crippen LogP contribution in [0.1, 0.15) is 20.8 Å². The van der Waals surface area contributed by atoms with Crippen LogP contribution in [0.3, 0.4) is 0 Å². The van der Waals surface area contributed by atoms with E-state index in [0.29, 0.717) is 11.7 Å². The Morgan fingerprint density at radius 3 is 2.38 bits per heavy atom. The number of rotatable bonds is 7. The molecule has 118 valence electrons. The second-order valence-electron chi connectivity index (χ2n) is 6.17. The van der Waals surface area contributed by atoms with E-state index in [9.17, 15) is 0 Å². The van der Waals surface area contributed by atoms with Crippen LogP contribution in [0.5, 0.6) is 5.75 Å². The summed E-state index contributed by atoms with van der Waals surface area (Å²) in [5.41, 5.74) is 1.12. The number of anilines is 1. The molecule has 0 aliphatic rings. The Morgan fingerprint density at radius 1 is 1.24 bits per heavy atom. The Labute approximate surface area is 133 Å². The highest BCUT2D eigenvalue weighted by Crippen LogP contribution is 2.16. The molecule has 0 spiro atoms. The lowest BCUT2D eigenvalue weighted by Gasteiger charge is -2.29. The van der Waals surface area contributed by atoms with Gasteiger partial charge < -0.3 is 20.3 Å². The first-order chi connectivity index (χ1) is 9.82. The predicted octanol–water partition coefficient (Wildman–Crippen LogP) is 2.96. The molecule has 0 saturated heterocycles. The average Bonchev–Trinajstić information content (AvgIpc) is 2.38. The van der Waals surface area contributed by atoms with Gasteiger partial charge in [0.25, 0.3) is 0 Å². The van der Waals surface area contributed by atoms with Gasteiger partial charge >= 0.3 is 0 Å². The molecule has 2 N–H and O–H groups in total. The van der Waals surface area contributed by atoms with Crippen molar-refractivity contribution in [2.75, 3.05) is 39.1 Å². The molecule has 0 aromatic heterocycles. The Morgan fingerprint density at radius 2 is 1.86 bits per heavy atom. The highest BCUT2D eigenvalue weighted by molar-refractivity contribution is 7.80. The Hall–Kier alpha value is -1.33. The van der Waals surface area contributed by atoms with E-state index < -0.39 is 0 Å². The van der Waals surface area contributed by atoms with Crippen LogP contribution in [-0.2, 0) is 0 Å². The number of hydrogen-bond donors (Lipinski definition) is 2. The molecule has 4 nitrogen and oxygen atoms in total. The van der Waals surface area contributed by atoms with Crippen LogP contribution < -0.4 is 15.4 Å². The van der Waals surface area contributed by atoms with Gasteiger partial charge in [-0.3, -0.25) is 0 Å². The molecule has 0 unspecified atom stereocenters. The summed E-state index contributed by atoms with van der Waals surface area (Å²) in [6, 6.07) is 7.79. The maximum absolute atomic E-state index is 5.41. The van der Waals surface area contributed by atoms with Crippen LogP contribution in [-0.4, -0.2) is 43.8 Å². The molecule has 0 fully saturated rings. The van der Waals surface area contributed by atoms with Crippen molar-refractivity contribution in [1.29, 1.82) is 0 Å². The SMILES string of the molecule is CCOc1ccc(NC(=S)NCC(C)(C)CN(C)C)cc1. The first-order valence-corrected chi connectivity index (χ1v) is 7.65. The van der Waals surface area contributed by atoms with Crippen molar-refractivity contribution in [3.05, 3.63) is 24.3 Å². The minimum atomic E-state index is 0.161. The third kappa shape index (κ3) is 7.29. The molecule has 0 atom stereocenters. The normalized spacial score (nSPS) is 11.3. The standard InChI is InChI=1S/C16H27N3OS/c1-6-20-14-9-7-13(8-10-14)18-15(21)17-11-16(2,3)12-19(4)5/h7-10H,6,11-12H2,1-5H3,(H2,17,18,21). The van der Waals surface area contributed by atoms with Gasteiger partial charge in [0.2, 0.25) is 0 Å². The molecule has 1 aromatic rings. The maximum atomic E-state index is 5.41. The summed E-state index contributed by atoms with van der Waals surface area (Å²) in [6.07, 6.45) is 0. The van der Waals surface area contributed by atoms with Crippen LogP contribution in [0.2, 0.25) is 0 Å². The summed E-state index contributed by atoms with van der Waals surface area (Å²) >= 11 is 5.33. The van der Waals surface area contributed by atoms with E-state index >= 15 is 0 Å². The topological polar surface area (TPSA) is 36.5 Å². The van der Waals surface area contributed by atoms with Gasteiger partial charge in [-0.2, -0.15) is 0 Å². The Bertz CT molecular complexity index is 443. The van der Waals surface area contributed by atoms with E-state index in [-0.39, 0.29) is 5.41 Å². The third-order valence-electron chi connectivity index (χ3n) is 2.89. The summed E-state index contributed by atoms with van der Waals surface area (Å²) < 4.78 is 5.41. The molecule has 0 aliphatic heterocycles. The Kier molecular flexibility index (Phi) is 6.92. The van der Waals surface area contributed by atoms with Crippen molar-refractivity contribution in [3.63, 3.8) is 0 Å². The Balaban J connectivity index is 2.43. The van der Waals surface area contributed by atoms with Crippen LogP contribution in [0.15, 0.2) is 24.3 Å². The molecule has 0 radical (unpaired) electrons. The summed E-state index contributed by atoms with van der Waals surface area (Å²) in [5, 5.41) is 7.11. The van der Waals surface area contributed by atoms with Gasteiger partial charge in [-0.1, -0.05) is 13.8 Å². The average molecular weight is 309 g/mol. The van der Waals surface area contributed by atoms with Gasteiger partial charge in [0.05, 0.1) is 6.61 Å². The number of ether oxygens (including phenoxy) is 1. The number of nitrogens with one attached hydrogen (secondary N) is 2.